The lowest BCUT2D eigenvalue weighted by Crippen LogP contribution is -1.98. The van der Waals surface area contributed by atoms with Crippen molar-refractivity contribution in [2.75, 3.05) is 19.8 Å². The SMILES string of the molecule is [c]1ccccc1OC/C=C/COCCCc1ccccc1. The summed E-state index contributed by atoms with van der Waals surface area (Å²) < 4.78 is 11.1. The van der Waals surface area contributed by atoms with E-state index >= 15 is 0 Å². The number of para-hydroxylation sites is 1. The minimum atomic E-state index is 0.549. The Morgan fingerprint density at radius 3 is 2.52 bits per heavy atom. The fraction of sp³-hybridized carbons (Fsp3) is 0.263. The van der Waals surface area contributed by atoms with Crippen molar-refractivity contribution in [3.8, 4) is 5.75 Å². The summed E-state index contributed by atoms with van der Waals surface area (Å²) in [5, 5.41) is 0. The Bertz CT molecular complexity index is 506. The van der Waals surface area contributed by atoms with Gasteiger partial charge < -0.3 is 9.47 Å². The highest BCUT2D eigenvalue weighted by Gasteiger charge is 1.92. The van der Waals surface area contributed by atoms with Crippen LogP contribution >= 0.6 is 0 Å². The first-order valence-electron chi connectivity index (χ1n) is 7.31. The summed E-state index contributed by atoms with van der Waals surface area (Å²) in [5.41, 5.74) is 1.36. The molecule has 0 aliphatic heterocycles. The summed E-state index contributed by atoms with van der Waals surface area (Å²) in [7, 11) is 0. The lowest BCUT2D eigenvalue weighted by molar-refractivity contribution is 0.159. The van der Waals surface area contributed by atoms with Crippen molar-refractivity contribution in [2.45, 2.75) is 12.8 Å². The van der Waals surface area contributed by atoms with Gasteiger partial charge in [0.1, 0.15) is 12.4 Å². The van der Waals surface area contributed by atoms with Crippen LogP contribution in [0.5, 0.6) is 5.75 Å². The Morgan fingerprint density at radius 2 is 1.71 bits per heavy atom. The monoisotopic (exact) mass is 281 g/mol. The van der Waals surface area contributed by atoms with Gasteiger partial charge in [-0.1, -0.05) is 54.6 Å². The van der Waals surface area contributed by atoms with Crippen molar-refractivity contribution < 1.29 is 9.47 Å². The largest absolute Gasteiger partial charge is 0.489 e. The zero-order valence-corrected chi connectivity index (χ0v) is 12.2. The van der Waals surface area contributed by atoms with Crippen molar-refractivity contribution in [1.82, 2.24) is 0 Å². The molecule has 0 unspecified atom stereocenters. The van der Waals surface area contributed by atoms with Crippen LogP contribution in [0.1, 0.15) is 12.0 Å². The van der Waals surface area contributed by atoms with Gasteiger partial charge in [-0.3, -0.25) is 0 Å². The molecule has 2 rings (SSSR count). The average Bonchev–Trinajstić information content (AvgIpc) is 2.55. The van der Waals surface area contributed by atoms with Gasteiger partial charge in [-0.05, 0) is 30.5 Å². The highest BCUT2D eigenvalue weighted by molar-refractivity contribution is 5.19. The molecule has 0 aliphatic rings. The molecule has 0 spiro atoms. The Hall–Kier alpha value is -2.06. The molecule has 2 heteroatoms. The predicted octanol–water partition coefficient (Wildman–Crippen LogP) is 4.07. The van der Waals surface area contributed by atoms with E-state index in [1.54, 1.807) is 0 Å². The van der Waals surface area contributed by atoms with Crippen LogP contribution < -0.4 is 4.74 Å². The molecule has 0 amide bonds. The number of aryl methyl sites for hydroxylation is 1. The van der Waals surface area contributed by atoms with Crippen LogP contribution in [0.2, 0.25) is 0 Å². The maximum atomic E-state index is 5.56. The second kappa shape index (κ2) is 9.78. The van der Waals surface area contributed by atoms with Crippen LogP contribution in [-0.2, 0) is 11.2 Å². The second-order valence-electron chi connectivity index (χ2n) is 4.67. The van der Waals surface area contributed by atoms with E-state index in [4.69, 9.17) is 9.47 Å². The first-order chi connectivity index (χ1) is 10.4. The molecule has 0 bridgehead atoms. The van der Waals surface area contributed by atoms with E-state index in [0.29, 0.717) is 13.2 Å². The minimum Gasteiger partial charge on any atom is -0.489 e. The van der Waals surface area contributed by atoms with Crippen LogP contribution in [0.4, 0.5) is 0 Å². The molecular formula is C19H21O2. The molecule has 0 atom stereocenters. The fourth-order valence-corrected chi connectivity index (χ4v) is 1.92. The van der Waals surface area contributed by atoms with Gasteiger partial charge in [0.05, 0.1) is 6.61 Å². The van der Waals surface area contributed by atoms with Crippen molar-refractivity contribution >= 4 is 0 Å². The third-order valence-electron chi connectivity index (χ3n) is 2.99. The Labute approximate surface area is 127 Å². The van der Waals surface area contributed by atoms with E-state index < -0.39 is 0 Å². The van der Waals surface area contributed by atoms with Crippen LogP contribution in [-0.4, -0.2) is 19.8 Å². The van der Waals surface area contributed by atoms with E-state index in [0.717, 1.165) is 25.2 Å². The Balaban J connectivity index is 1.47. The van der Waals surface area contributed by atoms with E-state index in [-0.39, 0.29) is 0 Å². The highest BCUT2D eigenvalue weighted by Crippen LogP contribution is 2.06. The molecule has 0 aliphatic carbocycles. The molecule has 0 N–H and O–H groups in total. The summed E-state index contributed by atoms with van der Waals surface area (Å²) in [5.74, 6) is 0.769. The molecule has 109 valence electrons. The number of hydrogen-bond donors (Lipinski definition) is 0. The fourth-order valence-electron chi connectivity index (χ4n) is 1.92. The lowest BCUT2D eigenvalue weighted by Gasteiger charge is -2.03. The number of benzene rings is 2. The smallest absolute Gasteiger partial charge is 0.127 e. The lowest BCUT2D eigenvalue weighted by atomic mass is 10.1. The molecular weight excluding hydrogens is 260 g/mol. The Morgan fingerprint density at radius 1 is 0.905 bits per heavy atom. The van der Waals surface area contributed by atoms with Gasteiger partial charge in [0.25, 0.3) is 0 Å². The molecule has 0 heterocycles. The number of ether oxygens (including phenoxy) is 2. The maximum Gasteiger partial charge on any atom is 0.127 e. The molecule has 0 aromatic heterocycles. The number of rotatable bonds is 9. The first kappa shape index (κ1) is 15.3. The van der Waals surface area contributed by atoms with E-state index in [1.807, 2.05) is 42.5 Å². The van der Waals surface area contributed by atoms with Crippen molar-refractivity contribution in [2.24, 2.45) is 0 Å². The van der Waals surface area contributed by atoms with Gasteiger partial charge in [-0.25, -0.2) is 0 Å². The van der Waals surface area contributed by atoms with Gasteiger partial charge in [0.2, 0.25) is 0 Å². The quantitative estimate of drug-likeness (QED) is 0.509. The summed E-state index contributed by atoms with van der Waals surface area (Å²) in [4.78, 5) is 0. The molecule has 2 nitrogen and oxygen atoms in total. The summed E-state index contributed by atoms with van der Waals surface area (Å²) >= 11 is 0. The zero-order chi connectivity index (χ0) is 14.6. The van der Waals surface area contributed by atoms with Gasteiger partial charge in [0.15, 0.2) is 0 Å². The molecule has 2 aromatic carbocycles. The summed E-state index contributed by atoms with van der Waals surface area (Å²) in [6.07, 6.45) is 6.08. The van der Waals surface area contributed by atoms with E-state index in [9.17, 15) is 0 Å². The van der Waals surface area contributed by atoms with Gasteiger partial charge in [0, 0.05) is 12.7 Å². The standard InChI is InChI=1S/C19H21O2/c1-3-10-18(11-4-1)12-9-16-20-15-7-8-17-21-19-13-5-2-6-14-19/h1-8,10-11,13H,9,12,15-17H2/b8-7+. The Kier molecular flexibility index (Phi) is 7.14. The van der Waals surface area contributed by atoms with E-state index in [2.05, 4.69) is 30.3 Å². The molecule has 1 radical (unpaired) electrons. The zero-order valence-electron chi connectivity index (χ0n) is 12.2. The molecule has 0 saturated heterocycles. The molecule has 2 aromatic rings. The predicted molar refractivity (Wildman–Crippen MR) is 85.5 cm³/mol. The average molecular weight is 281 g/mol. The third-order valence-corrected chi connectivity index (χ3v) is 2.99. The number of hydrogen-bond acceptors (Lipinski definition) is 2. The van der Waals surface area contributed by atoms with Crippen LogP contribution in [0, 0.1) is 6.07 Å². The van der Waals surface area contributed by atoms with Crippen LogP contribution in [0.3, 0.4) is 0 Å². The first-order valence-corrected chi connectivity index (χ1v) is 7.31. The van der Waals surface area contributed by atoms with Crippen molar-refractivity contribution in [1.29, 1.82) is 0 Å². The summed E-state index contributed by atoms with van der Waals surface area (Å²) in [6, 6.07) is 21.1. The van der Waals surface area contributed by atoms with Gasteiger partial charge in [-0.2, -0.15) is 0 Å². The molecule has 21 heavy (non-hydrogen) atoms. The van der Waals surface area contributed by atoms with E-state index in [1.165, 1.54) is 5.56 Å². The third kappa shape index (κ3) is 6.77. The van der Waals surface area contributed by atoms with Crippen molar-refractivity contribution in [3.05, 3.63) is 78.4 Å². The van der Waals surface area contributed by atoms with Gasteiger partial charge in [-0.15, -0.1) is 0 Å². The normalized spacial score (nSPS) is 10.9. The van der Waals surface area contributed by atoms with Gasteiger partial charge >= 0.3 is 0 Å². The highest BCUT2D eigenvalue weighted by atomic mass is 16.5. The van der Waals surface area contributed by atoms with Crippen LogP contribution in [0.25, 0.3) is 0 Å². The van der Waals surface area contributed by atoms with Crippen molar-refractivity contribution in [3.63, 3.8) is 0 Å². The minimum absolute atomic E-state index is 0.549. The summed E-state index contributed by atoms with van der Waals surface area (Å²) in [6.45, 7) is 1.97. The molecule has 0 saturated carbocycles. The maximum absolute atomic E-state index is 5.56. The topological polar surface area (TPSA) is 18.5 Å². The molecule has 0 fully saturated rings. The second-order valence-corrected chi connectivity index (χ2v) is 4.67. The van der Waals surface area contributed by atoms with Crippen LogP contribution in [0.15, 0.2) is 66.7 Å².